The summed E-state index contributed by atoms with van der Waals surface area (Å²) < 4.78 is 44.6. The number of hydrogen-bond acceptors (Lipinski definition) is 23. The fraction of sp³-hybridized carbons (Fsp3) is 0.373. The molecule has 0 spiro atoms. The minimum Gasteiger partial charge on any atom is -0.495 e. The molecule has 2 atom stereocenters. The van der Waals surface area contributed by atoms with Gasteiger partial charge in [0, 0.05) is 155 Å². The molecule has 5 N–H and O–H groups in total. The molecule has 4 fully saturated rings. The first kappa shape index (κ1) is 71.2. The van der Waals surface area contributed by atoms with Crippen molar-refractivity contribution in [2.24, 2.45) is 18.8 Å². The number of aromatic nitrogens is 12. The molecule has 0 bridgehead atoms. The third-order valence-corrected chi connectivity index (χ3v) is 21.4. The number of halogens is 3. The molecule has 6 aromatic heterocycles. The molecule has 0 unspecified atom stereocenters. The van der Waals surface area contributed by atoms with Crippen LogP contribution in [0.1, 0.15) is 38.5 Å². The highest BCUT2D eigenvalue weighted by Gasteiger charge is 2.33. The van der Waals surface area contributed by atoms with Crippen LogP contribution in [-0.4, -0.2) is 182 Å². The van der Waals surface area contributed by atoms with Gasteiger partial charge in [-0.2, -0.15) is 20.2 Å². The summed E-state index contributed by atoms with van der Waals surface area (Å²) in [5.74, 6) is 2.42. The molecule has 10 heterocycles. The van der Waals surface area contributed by atoms with E-state index in [2.05, 4.69) is 113 Å². The SMILES string of the molecule is CN=P.COc1cc(N2CCN3CCCC[C@H]3C2)c(-c2cnn(C)c2)cc1N.COc1cc(N2CCN3CCCC[C@H]3C2)c(-c2cnn(C)c2)cc1Nc1ncc(Cl)c(Nc2ccc3nccnc3c2P(C)(C)=O)n1.CP(C)(=O)c1c(Nc2nc(Cl)ncc2Cl)ccc2nccnc12. The predicted molar refractivity (Wildman–Crippen MR) is 401 cm³/mol. The van der Waals surface area contributed by atoms with Gasteiger partial charge < -0.3 is 50.1 Å². The van der Waals surface area contributed by atoms with Gasteiger partial charge >= 0.3 is 0 Å². The van der Waals surface area contributed by atoms with Crippen molar-refractivity contribution < 1.29 is 18.6 Å². The molecule has 0 aliphatic carbocycles. The van der Waals surface area contributed by atoms with Crippen molar-refractivity contribution in [3.05, 3.63) is 126 Å². The number of rotatable bonds is 14. The Morgan fingerprint density at radius 2 is 1.04 bits per heavy atom. The Morgan fingerprint density at radius 1 is 0.571 bits per heavy atom. The van der Waals surface area contributed by atoms with E-state index < -0.39 is 14.3 Å². The van der Waals surface area contributed by atoms with Crippen LogP contribution in [-0.2, 0) is 23.2 Å². The van der Waals surface area contributed by atoms with Crippen LogP contribution in [0.4, 0.5) is 51.7 Å². The second-order valence-corrected chi connectivity index (χ2v) is 32.9. The number of nitrogens with two attached hydrogens (primary N) is 1. The molecule has 0 saturated carbocycles. The zero-order valence-corrected chi connectivity index (χ0v) is 61.3. The first-order chi connectivity index (χ1) is 47.1. The molecule has 4 saturated heterocycles. The van der Waals surface area contributed by atoms with Crippen LogP contribution < -0.4 is 51.6 Å². The highest BCUT2D eigenvalue weighted by molar-refractivity contribution is 7.71. The lowest BCUT2D eigenvalue weighted by molar-refractivity contribution is 0.133. The summed E-state index contributed by atoms with van der Waals surface area (Å²) in [4.78, 5) is 44.8. The quantitative estimate of drug-likeness (QED) is 0.0447. The zero-order chi connectivity index (χ0) is 69.4. The summed E-state index contributed by atoms with van der Waals surface area (Å²) >= 11 is 18.5. The van der Waals surface area contributed by atoms with Gasteiger partial charge in [0.05, 0.1) is 83.4 Å². The van der Waals surface area contributed by atoms with E-state index in [9.17, 15) is 9.13 Å². The first-order valence-corrected chi connectivity index (χ1v) is 38.9. The van der Waals surface area contributed by atoms with Gasteiger partial charge in [-0.25, -0.2) is 9.97 Å². The minimum absolute atomic E-state index is 0.0650. The summed E-state index contributed by atoms with van der Waals surface area (Å²) in [5, 5.41) is 20.4. The topological polar surface area (TPSA) is 279 Å². The third kappa shape index (κ3) is 16.6. The van der Waals surface area contributed by atoms with Crippen LogP contribution in [0.15, 0.2) is 115 Å². The van der Waals surface area contributed by atoms with Crippen molar-refractivity contribution in [3.63, 3.8) is 0 Å². The Kier molecular flexibility index (Phi) is 22.8. The van der Waals surface area contributed by atoms with E-state index in [0.29, 0.717) is 101 Å². The van der Waals surface area contributed by atoms with Crippen LogP contribution in [0.3, 0.4) is 0 Å². The Bertz CT molecular complexity index is 4610. The van der Waals surface area contributed by atoms with E-state index in [0.717, 1.165) is 73.0 Å². The normalized spacial score (nSPS) is 16.4. The lowest BCUT2D eigenvalue weighted by atomic mass is 9.97. The van der Waals surface area contributed by atoms with Crippen LogP contribution in [0.25, 0.3) is 44.3 Å². The first-order valence-electron chi connectivity index (χ1n) is 32.1. The second kappa shape index (κ2) is 31.4. The maximum absolute atomic E-state index is 13.5. The number of methoxy groups -OCH3 is 2. The molecule has 98 heavy (non-hydrogen) atoms. The van der Waals surface area contributed by atoms with Gasteiger partial charge in [0.25, 0.3) is 0 Å². The van der Waals surface area contributed by atoms with Crippen LogP contribution in [0.2, 0.25) is 15.3 Å². The molecule has 0 radical (unpaired) electrons. The molecule has 4 aromatic carbocycles. The summed E-state index contributed by atoms with van der Waals surface area (Å²) in [6.07, 6.45) is 24.9. The summed E-state index contributed by atoms with van der Waals surface area (Å²) in [6.45, 7) is 15.4. The Morgan fingerprint density at radius 3 is 1.52 bits per heavy atom. The largest absolute Gasteiger partial charge is 0.495 e. The third-order valence-electron chi connectivity index (χ3n) is 17.6. The smallest absolute Gasteiger partial charge is 0.229 e. The van der Waals surface area contributed by atoms with Gasteiger partial charge in [0.2, 0.25) is 11.2 Å². The van der Waals surface area contributed by atoms with Crippen molar-refractivity contribution in [2.75, 3.05) is 132 Å². The number of piperidine rings is 2. The maximum Gasteiger partial charge on any atom is 0.229 e. The highest BCUT2D eigenvalue weighted by atomic mass is 35.5. The molecule has 514 valence electrons. The van der Waals surface area contributed by atoms with Crippen LogP contribution >= 0.6 is 58.1 Å². The summed E-state index contributed by atoms with van der Waals surface area (Å²) in [5.41, 5.74) is 17.8. The Labute approximate surface area is 587 Å². The average molecular weight is 1440 g/mol. The van der Waals surface area contributed by atoms with Gasteiger partial charge in [-0.05, 0) is 122 Å². The number of nitrogen functional groups attached to an aromatic ring is 1. The number of ether oxygens (including phenoxy) is 2. The Balaban J connectivity index is 0.000000160. The van der Waals surface area contributed by atoms with E-state index in [4.69, 9.17) is 55.0 Å². The van der Waals surface area contributed by atoms with E-state index >= 15 is 0 Å². The molecule has 14 rings (SSSR count). The number of fused-ring (bicyclic) bond motifs is 4. The molecular formula is C67H81Cl3N21O4P3. The van der Waals surface area contributed by atoms with Gasteiger partial charge in [-0.15, -0.1) is 0 Å². The fourth-order valence-electron chi connectivity index (χ4n) is 13.1. The summed E-state index contributed by atoms with van der Waals surface area (Å²) in [6, 6.07) is 16.7. The number of nitrogens with one attached hydrogen (secondary N) is 3. The maximum atomic E-state index is 13.5. The predicted octanol–water partition coefficient (Wildman–Crippen LogP) is 12.9. The van der Waals surface area contributed by atoms with E-state index in [-0.39, 0.29) is 5.28 Å². The molecule has 25 nitrogen and oxygen atoms in total. The minimum atomic E-state index is -2.79. The molecule has 31 heteroatoms. The second-order valence-electron chi connectivity index (χ2n) is 25.0. The monoisotopic (exact) mass is 1440 g/mol. The summed E-state index contributed by atoms with van der Waals surface area (Å²) in [7, 11) is 6.25. The number of piperazine rings is 2. The van der Waals surface area contributed by atoms with Crippen molar-refractivity contribution in [3.8, 4) is 33.8 Å². The van der Waals surface area contributed by atoms with E-state index in [1.165, 1.54) is 69.7 Å². The molecule has 10 aromatic rings. The fourth-order valence-corrected chi connectivity index (χ4v) is 16.3. The molecular weight excluding hydrogens is 1360 g/mol. The molecule has 4 aliphatic heterocycles. The van der Waals surface area contributed by atoms with Crippen molar-refractivity contribution in [1.29, 1.82) is 0 Å². The van der Waals surface area contributed by atoms with Gasteiger partial charge in [-0.3, -0.25) is 43.8 Å². The number of nitrogens with zero attached hydrogens (tertiary/aromatic N) is 17. The Hall–Kier alpha value is -8.11. The van der Waals surface area contributed by atoms with Crippen molar-refractivity contribution in [1.82, 2.24) is 69.2 Å². The van der Waals surface area contributed by atoms with Crippen molar-refractivity contribution in [2.45, 2.75) is 50.6 Å². The molecule has 0 amide bonds. The van der Waals surface area contributed by atoms with E-state index in [1.54, 1.807) is 84.8 Å². The lowest BCUT2D eigenvalue weighted by Crippen LogP contribution is -2.55. The number of hydrogen-bond donors (Lipinski definition) is 4. The van der Waals surface area contributed by atoms with Crippen LogP contribution in [0, 0.1) is 0 Å². The standard InChI is InChI=1S/C33H38ClN10O2P.C19H27N5O.C14H12Cl2N5OP.CH4NP/c1-42-19-21(17-38-42)23-15-27(29(46-2)16-28(23)44-14-13-43-12-6-5-7-22(43)20-44)40-33-37-18-24(34)32(41-33)39-26-9-8-25-30(36-11-10-35-25)31(26)47(3,4)45;1-22-12-14(11-21-22)16-9-17(20)19(25-2)10-18(16)24-8-7-23-6-4-3-5-15(23)13-24;1-23(2,22)12-10(4-3-9-11(12)18-6-5-17-9)20-13-8(15)7-19-14(16)21-13;1-2-3/h8-11,15-19,22H,5-7,12-14,20H2,1-4H3,(H2,37,39,40,41);9-12,15H,3-8,13,20H2,1-2H3;3-7H,1-2H3,(H,19,20,21);3H,1H3/t22-;15-;;/m00../s1. The van der Waals surface area contributed by atoms with E-state index in [1.807, 2.05) is 66.4 Å². The molecule has 4 aliphatic rings. The number of aryl methyl sites for hydroxylation is 2. The van der Waals surface area contributed by atoms with Gasteiger partial charge in [0.1, 0.15) is 46.9 Å². The van der Waals surface area contributed by atoms with Crippen molar-refractivity contribution >= 4 is 143 Å². The van der Waals surface area contributed by atoms with Gasteiger partial charge in [-0.1, -0.05) is 36.0 Å². The average Bonchev–Trinajstić information content (AvgIpc) is 0.871. The number of benzene rings is 4. The highest BCUT2D eigenvalue weighted by Crippen LogP contribution is 2.46. The zero-order valence-electron chi connectivity index (χ0n) is 56.3. The lowest BCUT2D eigenvalue weighted by Gasteiger charge is -2.45. The number of anilines is 9. The van der Waals surface area contributed by atoms with Crippen LogP contribution in [0.5, 0.6) is 11.5 Å². The van der Waals surface area contributed by atoms with Gasteiger partial charge in [0.15, 0.2) is 11.6 Å².